The van der Waals surface area contributed by atoms with Crippen molar-refractivity contribution in [2.75, 3.05) is 5.32 Å². The molecule has 0 amide bonds. The van der Waals surface area contributed by atoms with Crippen LogP contribution in [0.15, 0.2) is 42.7 Å². The van der Waals surface area contributed by atoms with Gasteiger partial charge in [0.1, 0.15) is 0 Å². The van der Waals surface area contributed by atoms with E-state index in [-0.39, 0.29) is 6.04 Å². The van der Waals surface area contributed by atoms with Crippen LogP contribution in [-0.2, 0) is 0 Å². The van der Waals surface area contributed by atoms with E-state index in [0.29, 0.717) is 5.11 Å². The van der Waals surface area contributed by atoms with E-state index >= 15 is 0 Å². The summed E-state index contributed by atoms with van der Waals surface area (Å²) < 4.78 is 0. The van der Waals surface area contributed by atoms with Crippen LogP contribution in [0.25, 0.3) is 0 Å². The Morgan fingerprint density at radius 3 is 2.45 bits per heavy atom. The van der Waals surface area contributed by atoms with Gasteiger partial charge in [-0.3, -0.25) is 4.98 Å². The summed E-state index contributed by atoms with van der Waals surface area (Å²) in [6, 6.07) is 10.4. The van der Waals surface area contributed by atoms with Gasteiger partial charge >= 0.3 is 0 Å². The molecule has 1 aromatic carbocycles. The quantitative estimate of drug-likeness (QED) is 0.842. The van der Waals surface area contributed by atoms with E-state index in [1.807, 2.05) is 12.1 Å². The number of anilines is 1. The molecule has 20 heavy (non-hydrogen) atoms. The summed E-state index contributed by atoms with van der Waals surface area (Å²) in [7, 11) is 0. The number of nitrogens with zero attached hydrogens (tertiary/aromatic N) is 1. The number of aryl methyl sites for hydroxylation is 2. The molecule has 0 spiro atoms. The topological polar surface area (TPSA) is 37.0 Å². The third kappa shape index (κ3) is 3.78. The van der Waals surface area contributed by atoms with Crippen molar-refractivity contribution in [3.8, 4) is 0 Å². The van der Waals surface area contributed by atoms with Crippen molar-refractivity contribution >= 4 is 23.0 Å². The zero-order valence-electron chi connectivity index (χ0n) is 12.0. The first-order valence-electron chi connectivity index (χ1n) is 6.61. The lowest BCUT2D eigenvalue weighted by atomic mass is 10.0. The predicted molar refractivity (Wildman–Crippen MR) is 87.9 cm³/mol. The number of aromatic nitrogens is 1. The molecule has 0 aliphatic rings. The van der Waals surface area contributed by atoms with Gasteiger partial charge in [-0.05, 0) is 61.8 Å². The minimum atomic E-state index is 0.163. The zero-order valence-corrected chi connectivity index (χ0v) is 12.8. The molecule has 4 heteroatoms. The Bertz CT molecular complexity index is 596. The summed E-state index contributed by atoms with van der Waals surface area (Å²) in [5.74, 6) is 0. The second-order valence-corrected chi connectivity index (χ2v) is 5.31. The highest BCUT2D eigenvalue weighted by Crippen LogP contribution is 2.17. The monoisotopic (exact) mass is 285 g/mol. The summed E-state index contributed by atoms with van der Waals surface area (Å²) in [6.07, 6.45) is 3.47. The molecule has 2 N–H and O–H groups in total. The number of nitrogens with one attached hydrogen (secondary N) is 2. The molecule has 0 unspecified atom stereocenters. The van der Waals surface area contributed by atoms with Gasteiger partial charge in [-0.25, -0.2) is 0 Å². The highest BCUT2D eigenvalue weighted by atomic mass is 32.1. The van der Waals surface area contributed by atoms with Gasteiger partial charge in [-0.1, -0.05) is 18.2 Å². The molecular formula is C16H19N3S. The molecule has 0 bridgehead atoms. The van der Waals surface area contributed by atoms with Crippen molar-refractivity contribution in [3.05, 3.63) is 59.4 Å². The minimum Gasteiger partial charge on any atom is -0.356 e. The molecule has 0 fully saturated rings. The van der Waals surface area contributed by atoms with Gasteiger partial charge in [-0.15, -0.1) is 0 Å². The van der Waals surface area contributed by atoms with E-state index in [1.165, 1.54) is 16.7 Å². The number of benzene rings is 1. The summed E-state index contributed by atoms with van der Waals surface area (Å²) in [5, 5.41) is 7.05. The fourth-order valence-electron chi connectivity index (χ4n) is 1.92. The highest BCUT2D eigenvalue weighted by Gasteiger charge is 2.08. The van der Waals surface area contributed by atoms with Gasteiger partial charge < -0.3 is 10.6 Å². The number of hydrogen-bond donors (Lipinski definition) is 2. The van der Waals surface area contributed by atoms with Crippen molar-refractivity contribution in [1.82, 2.24) is 10.3 Å². The molecule has 3 nitrogen and oxygen atoms in total. The Balaban J connectivity index is 1.98. The SMILES string of the molecule is Cc1ccc([C@H](C)NC(=S)Nc2ccncc2)cc1C. The smallest absolute Gasteiger partial charge is 0.171 e. The molecule has 0 aliphatic heterocycles. The van der Waals surface area contributed by atoms with Crippen molar-refractivity contribution in [2.45, 2.75) is 26.8 Å². The third-order valence-corrected chi connectivity index (χ3v) is 3.54. The Morgan fingerprint density at radius 1 is 1.10 bits per heavy atom. The maximum Gasteiger partial charge on any atom is 0.171 e. The maximum atomic E-state index is 5.33. The van der Waals surface area contributed by atoms with Gasteiger partial charge in [0.05, 0.1) is 6.04 Å². The Hall–Kier alpha value is -1.94. The lowest BCUT2D eigenvalue weighted by Crippen LogP contribution is -2.30. The van der Waals surface area contributed by atoms with Crippen LogP contribution in [0.5, 0.6) is 0 Å². The van der Waals surface area contributed by atoms with E-state index in [4.69, 9.17) is 12.2 Å². The molecule has 2 rings (SSSR count). The van der Waals surface area contributed by atoms with Crippen LogP contribution in [0.1, 0.15) is 29.7 Å². The van der Waals surface area contributed by atoms with Gasteiger partial charge in [0, 0.05) is 18.1 Å². The molecule has 0 radical (unpaired) electrons. The van der Waals surface area contributed by atoms with Crippen LogP contribution in [0, 0.1) is 13.8 Å². The molecule has 2 aromatic rings. The van der Waals surface area contributed by atoms with E-state index in [9.17, 15) is 0 Å². The van der Waals surface area contributed by atoms with E-state index < -0.39 is 0 Å². The number of rotatable bonds is 3. The first-order chi connectivity index (χ1) is 9.56. The van der Waals surface area contributed by atoms with Gasteiger partial charge in [0.15, 0.2) is 5.11 Å². The molecule has 0 aliphatic carbocycles. The van der Waals surface area contributed by atoms with Crippen LogP contribution in [0.2, 0.25) is 0 Å². The number of hydrogen-bond acceptors (Lipinski definition) is 2. The number of pyridine rings is 1. The lowest BCUT2D eigenvalue weighted by Gasteiger charge is -2.18. The maximum absolute atomic E-state index is 5.33. The van der Waals surface area contributed by atoms with E-state index in [2.05, 4.69) is 54.6 Å². The van der Waals surface area contributed by atoms with Crippen LogP contribution in [0.4, 0.5) is 5.69 Å². The first kappa shape index (κ1) is 14.5. The normalized spacial score (nSPS) is 11.8. The summed E-state index contributed by atoms with van der Waals surface area (Å²) in [6.45, 7) is 6.34. The van der Waals surface area contributed by atoms with Crippen LogP contribution < -0.4 is 10.6 Å². The first-order valence-corrected chi connectivity index (χ1v) is 7.02. The van der Waals surface area contributed by atoms with E-state index in [1.54, 1.807) is 12.4 Å². The third-order valence-electron chi connectivity index (χ3n) is 3.32. The Morgan fingerprint density at radius 2 is 1.80 bits per heavy atom. The average Bonchev–Trinajstić information content (AvgIpc) is 2.42. The lowest BCUT2D eigenvalue weighted by molar-refractivity contribution is 0.721. The summed E-state index contributed by atoms with van der Waals surface area (Å²) >= 11 is 5.33. The van der Waals surface area contributed by atoms with Crippen molar-refractivity contribution < 1.29 is 0 Å². The van der Waals surface area contributed by atoms with Crippen LogP contribution in [0.3, 0.4) is 0 Å². The van der Waals surface area contributed by atoms with Gasteiger partial charge in [0.2, 0.25) is 0 Å². The average molecular weight is 285 g/mol. The molecular weight excluding hydrogens is 266 g/mol. The fourth-order valence-corrected chi connectivity index (χ4v) is 2.21. The molecule has 1 atom stereocenters. The Labute approximate surface area is 125 Å². The fraction of sp³-hybridized carbons (Fsp3) is 0.250. The van der Waals surface area contributed by atoms with Gasteiger partial charge in [0.25, 0.3) is 0 Å². The van der Waals surface area contributed by atoms with Crippen molar-refractivity contribution in [1.29, 1.82) is 0 Å². The van der Waals surface area contributed by atoms with Crippen LogP contribution in [-0.4, -0.2) is 10.1 Å². The molecule has 104 valence electrons. The molecule has 0 saturated carbocycles. The molecule has 1 aromatic heterocycles. The predicted octanol–water partition coefficient (Wildman–Crippen LogP) is 3.75. The largest absolute Gasteiger partial charge is 0.356 e. The standard InChI is InChI=1S/C16H19N3S/c1-11-4-5-14(10-12(11)2)13(3)18-16(20)19-15-6-8-17-9-7-15/h4-10,13H,1-3H3,(H2,17,18,19,20)/t13-/m0/s1. The molecule has 0 saturated heterocycles. The van der Waals surface area contributed by atoms with Crippen LogP contribution >= 0.6 is 12.2 Å². The summed E-state index contributed by atoms with van der Waals surface area (Å²) in [5.41, 5.74) is 4.76. The van der Waals surface area contributed by atoms with Crippen molar-refractivity contribution in [2.24, 2.45) is 0 Å². The second-order valence-electron chi connectivity index (χ2n) is 4.90. The molecule has 1 heterocycles. The zero-order chi connectivity index (χ0) is 14.5. The number of thiocarbonyl (C=S) groups is 1. The highest BCUT2D eigenvalue weighted by molar-refractivity contribution is 7.80. The summed E-state index contributed by atoms with van der Waals surface area (Å²) in [4.78, 5) is 3.98. The Kier molecular flexibility index (Phi) is 4.69. The van der Waals surface area contributed by atoms with Gasteiger partial charge in [-0.2, -0.15) is 0 Å². The minimum absolute atomic E-state index is 0.163. The second kappa shape index (κ2) is 6.48. The van der Waals surface area contributed by atoms with Crippen molar-refractivity contribution in [3.63, 3.8) is 0 Å². The van der Waals surface area contributed by atoms with E-state index in [0.717, 1.165) is 5.69 Å².